The maximum Gasteiger partial charge on any atom is 0.416 e. The van der Waals surface area contributed by atoms with E-state index in [4.69, 9.17) is 11.6 Å². The van der Waals surface area contributed by atoms with Crippen molar-refractivity contribution >= 4 is 33.2 Å². The zero-order valence-corrected chi connectivity index (χ0v) is 16.5. The Balaban J connectivity index is 2.22. The molecule has 0 saturated heterocycles. The van der Waals surface area contributed by atoms with Gasteiger partial charge in [0.25, 0.3) is 0 Å². The summed E-state index contributed by atoms with van der Waals surface area (Å²) in [4.78, 5) is 12.4. The zero-order valence-electron chi connectivity index (χ0n) is 14.9. The minimum Gasteiger partial charge on any atom is -0.325 e. The number of benzene rings is 2. The molecule has 0 spiro atoms. The van der Waals surface area contributed by atoms with Crippen molar-refractivity contribution in [3.8, 4) is 0 Å². The highest BCUT2D eigenvalue weighted by atomic mass is 35.5. The lowest BCUT2D eigenvalue weighted by Crippen LogP contribution is -2.47. The van der Waals surface area contributed by atoms with Gasteiger partial charge in [0.05, 0.1) is 10.5 Å². The van der Waals surface area contributed by atoms with Gasteiger partial charge in [-0.15, -0.1) is 0 Å². The minimum atomic E-state index is -4.56. The number of rotatable bonds is 6. The number of alkyl halides is 3. The Morgan fingerprint density at radius 3 is 2.21 bits per heavy atom. The number of nitrogens with one attached hydrogen (secondary N) is 2. The first-order valence-corrected chi connectivity index (χ1v) is 10.0. The van der Waals surface area contributed by atoms with Crippen molar-refractivity contribution in [3.05, 3.63) is 59.1 Å². The molecule has 0 fully saturated rings. The smallest absolute Gasteiger partial charge is 0.325 e. The van der Waals surface area contributed by atoms with E-state index in [9.17, 15) is 26.4 Å². The molecule has 1 amide bonds. The average molecular weight is 435 g/mol. The molecule has 2 aromatic carbocycles. The van der Waals surface area contributed by atoms with Gasteiger partial charge in [-0.25, -0.2) is 8.42 Å². The van der Waals surface area contributed by atoms with Gasteiger partial charge < -0.3 is 5.32 Å². The maximum absolute atomic E-state index is 12.8. The fraction of sp³-hybridized carbons (Fsp3) is 0.278. The second-order valence-corrected chi connectivity index (χ2v) is 8.52. The van der Waals surface area contributed by atoms with Gasteiger partial charge in [0, 0.05) is 10.7 Å². The van der Waals surface area contributed by atoms with E-state index >= 15 is 0 Å². The fourth-order valence-electron chi connectivity index (χ4n) is 2.33. The maximum atomic E-state index is 12.8. The first kappa shape index (κ1) is 22.2. The van der Waals surface area contributed by atoms with Crippen LogP contribution in [0.4, 0.5) is 18.9 Å². The van der Waals surface area contributed by atoms with Crippen LogP contribution in [0.2, 0.25) is 5.02 Å². The van der Waals surface area contributed by atoms with Gasteiger partial charge in [0.15, 0.2) is 0 Å². The second kappa shape index (κ2) is 8.50. The molecule has 1 atom stereocenters. The van der Waals surface area contributed by atoms with Crippen LogP contribution in [0.3, 0.4) is 0 Å². The summed E-state index contributed by atoms with van der Waals surface area (Å²) in [7, 11) is -4.04. The first-order chi connectivity index (χ1) is 12.9. The quantitative estimate of drug-likeness (QED) is 0.711. The Kier molecular flexibility index (Phi) is 6.74. The van der Waals surface area contributed by atoms with Crippen LogP contribution >= 0.6 is 11.6 Å². The summed E-state index contributed by atoms with van der Waals surface area (Å²) >= 11 is 5.74. The Hall–Kier alpha value is -2.10. The number of sulfonamides is 1. The van der Waals surface area contributed by atoms with Crippen molar-refractivity contribution < 1.29 is 26.4 Å². The number of halogens is 4. The molecule has 2 rings (SSSR count). The van der Waals surface area contributed by atoms with Crippen LogP contribution in [-0.2, 0) is 21.0 Å². The predicted molar refractivity (Wildman–Crippen MR) is 100 cm³/mol. The van der Waals surface area contributed by atoms with E-state index in [-0.39, 0.29) is 10.6 Å². The first-order valence-electron chi connectivity index (χ1n) is 8.16. The summed E-state index contributed by atoms with van der Waals surface area (Å²) in [6, 6.07) is 8.25. The van der Waals surface area contributed by atoms with Crippen LogP contribution in [0, 0.1) is 5.92 Å². The van der Waals surface area contributed by atoms with Gasteiger partial charge in [-0.3, -0.25) is 4.79 Å². The third-order valence-corrected chi connectivity index (χ3v) is 5.52. The molecule has 0 unspecified atom stereocenters. The molecule has 152 valence electrons. The third kappa shape index (κ3) is 5.70. The van der Waals surface area contributed by atoms with Gasteiger partial charge in [0.2, 0.25) is 15.9 Å². The standard InChI is InChI=1S/C18H18ClF3N2O3S/c1-11(2)16(24-28(26,27)15-8-6-13(19)7-9-15)17(25)23-14-5-3-4-12(10-14)18(20,21)22/h3-11,16,24H,1-2H3,(H,23,25)/t16-/m0/s1. The number of amides is 1. The zero-order chi connectivity index (χ0) is 21.1. The van der Waals surface area contributed by atoms with Gasteiger partial charge in [-0.05, 0) is 48.4 Å². The molecule has 28 heavy (non-hydrogen) atoms. The van der Waals surface area contributed by atoms with Gasteiger partial charge >= 0.3 is 6.18 Å². The molecule has 0 aliphatic rings. The van der Waals surface area contributed by atoms with E-state index in [1.807, 2.05) is 0 Å². The summed E-state index contributed by atoms with van der Waals surface area (Å²) in [5.74, 6) is -1.24. The van der Waals surface area contributed by atoms with E-state index in [1.165, 1.54) is 30.3 Å². The molecule has 0 bridgehead atoms. The number of hydrogen-bond donors (Lipinski definition) is 2. The Morgan fingerprint density at radius 2 is 1.68 bits per heavy atom. The number of carbonyl (C=O) groups is 1. The van der Waals surface area contributed by atoms with Crippen LogP contribution < -0.4 is 10.0 Å². The number of carbonyl (C=O) groups excluding carboxylic acids is 1. The Labute approximate surface area is 166 Å². The molecule has 2 N–H and O–H groups in total. The van der Waals surface area contributed by atoms with E-state index in [2.05, 4.69) is 10.0 Å². The largest absolute Gasteiger partial charge is 0.416 e. The highest BCUT2D eigenvalue weighted by molar-refractivity contribution is 7.89. The SMILES string of the molecule is CC(C)[C@H](NS(=O)(=O)c1ccc(Cl)cc1)C(=O)Nc1cccc(C(F)(F)F)c1. The van der Waals surface area contributed by atoms with E-state index in [0.29, 0.717) is 5.02 Å². The minimum absolute atomic E-state index is 0.0869. The van der Waals surface area contributed by atoms with E-state index < -0.39 is 39.6 Å². The van der Waals surface area contributed by atoms with Crippen molar-refractivity contribution in [2.24, 2.45) is 5.92 Å². The van der Waals surface area contributed by atoms with Crippen LogP contribution in [-0.4, -0.2) is 20.4 Å². The van der Waals surface area contributed by atoms with Gasteiger partial charge in [-0.1, -0.05) is 31.5 Å². The summed E-state index contributed by atoms with van der Waals surface area (Å²) < 4.78 is 65.8. The van der Waals surface area contributed by atoms with Gasteiger partial charge in [-0.2, -0.15) is 17.9 Å². The van der Waals surface area contributed by atoms with Crippen molar-refractivity contribution in [2.45, 2.75) is 31.0 Å². The third-order valence-electron chi connectivity index (χ3n) is 3.81. The van der Waals surface area contributed by atoms with Crippen LogP contribution in [0.1, 0.15) is 19.4 Å². The molecule has 5 nitrogen and oxygen atoms in total. The topological polar surface area (TPSA) is 75.3 Å². The van der Waals surface area contributed by atoms with Crippen molar-refractivity contribution in [2.75, 3.05) is 5.32 Å². The lowest BCUT2D eigenvalue weighted by Gasteiger charge is -2.22. The molecule has 0 aliphatic heterocycles. The highest BCUT2D eigenvalue weighted by Crippen LogP contribution is 2.30. The summed E-state index contributed by atoms with van der Waals surface area (Å²) in [5.41, 5.74) is -1.01. The Bertz CT molecular complexity index is 945. The van der Waals surface area contributed by atoms with Crippen molar-refractivity contribution in [3.63, 3.8) is 0 Å². The molecule has 0 saturated carbocycles. The number of anilines is 1. The van der Waals surface area contributed by atoms with Crippen molar-refractivity contribution in [1.29, 1.82) is 0 Å². The highest BCUT2D eigenvalue weighted by Gasteiger charge is 2.32. The molecular weight excluding hydrogens is 417 g/mol. The fourth-order valence-corrected chi connectivity index (χ4v) is 3.80. The summed E-state index contributed by atoms with van der Waals surface area (Å²) in [6.45, 7) is 3.22. The summed E-state index contributed by atoms with van der Waals surface area (Å²) in [6.07, 6.45) is -4.56. The normalized spacial score (nSPS) is 13.4. The van der Waals surface area contributed by atoms with Crippen LogP contribution in [0.25, 0.3) is 0 Å². The van der Waals surface area contributed by atoms with E-state index in [0.717, 1.165) is 18.2 Å². The monoisotopic (exact) mass is 434 g/mol. The molecule has 10 heteroatoms. The molecule has 2 aromatic rings. The Morgan fingerprint density at radius 1 is 1.07 bits per heavy atom. The molecule has 0 aromatic heterocycles. The predicted octanol–water partition coefficient (Wildman–Crippen LogP) is 4.30. The van der Waals surface area contributed by atoms with E-state index in [1.54, 1.807) is 13.8 Å². The second-order valence-electron chi connectivity index (χ2n) is 6.36. The molecule has 0 heterocycles. The average Bonchev–Trinajstić information content (AvgIpc) is 2.59. The lowest BCUT2D eigenvalue weighted by molar-refractivity contribution is -0.137. The molecule has 0 radical (unpaired) electrons. The van der Waals surface area contributed by atoms with Crippen molar-refractivity contribution in [1.82, 2.24) is 4.72 Å². The summed E-state index contributed by atoms with van der Waals surface area (Å²) in [5, 5.41) is 2.68. The molecular formula is C18H18ClF3N2O3S. The molecule has 0 aliphatic carbocycles. The lowest BCUT2D eigenvalue weighted by atomic mass is 10.0. The van der Waals surface area contributed by atoms with Crippen LogP contribution in [0.15, 0.2) is 53.4 Å². The number of hydrogen-bond acceptors (Lipinski definition) is 3. The van der Waals surface area contributed by atoms with Gasteiger partial charge in [0.1, 0.15) is 6.04 Å². The van der Waals surface area contributed by atoms with Crippen LogP contribution in [0.5, 0.6) is 0 Å².